The zero-order chi connectivity index (χ0) is 15.6. The monoisotopic (exact) mass is 302 g/mol. The molecule has 0 aliphatic carbocycles. The predicted octanol–water partition coefficient (Wildman–Crippen LogP) is 2.10. The molecular formula is C11H9F3N4O3. The molecule has 2 heterocycles. The number of nitrogens with zero attached hydrogens (tertiary/aromatic N) is 3. The van der Waals surface area contributed by atoms with Crippen molar-refractivity contribution in [1.82, 2.24) is 15.1 Å². The minimum absolute atomic E-state index is 0.119. The SMILES string of the molecule is Cc1nc(CNc2nc(C(F)(F)F)ccc2C(=O)O)no1. The van der Waals surface area contributed by atoms with Crippen molar-refractivity contribution < 1.29 is 27.6 Å². The number of carboxylic acid groups (broad SMARTS) is 1. The normalized spacial score (nSPS) is 11.4. The number of hydrogen-bond acceptors (Lipinski definition) is 6. The molecule has 21 heavy (non-hydrogen) atoms. The Kier molecular flexibility index (Phi) is 3.78. The number of nitrogens with one attached hydrogen (secondary N) is 1. The number of aromatic nitrogens is 3. The number of aryl methyl sites for hydroxylation is 1. The van der Waals surface area contributed by atoms with Gasteiger partial charge in [0, 0.05) is 6.92 Å². The van der Waals surface area contributed by atoms with Crippen LogP contribution in [0.3, 0.4) is 0 Å². The van der Waals surface area contributed by atoms with Crippen molar-refractivity contribution in [3.05, 3.63) is 35.1 Å². The number of hydrogen-bond donors (Lipinski definition) is 2. The van der Waals surface area contributed by atoms with E-state index in [-0.39, 0.29) is 23.8 Å². The topological polar surface area (TPSA) is 101 Å². The van der Waals surface area contributed by atoms with Gasteiger partial charge in [-0.2, -0.15) is 18.2 Å². The van der Waals surface area contributed by atoms with E-state index in [9.17, 15) is 18.0 Å². The second-order valence-electron chi connectivity index (χ2n) is 3.98. The zero-order valence-corrected chi connectivity index (χ0v) is 10.6. The summed E-state index contributed by atoms with van der Waals surface area (Å²) < 4.78 is 42.5. The fraction of sp³-hybridized carbons (Fsp3) is 0.273. The first kappa shape index (κ1) is 14.8. The zero-order valence-electron chi connectivity index (χ0n) is 10.6. The molecule has 0 radical (unpaired) electrons. The van der Waals surface area contributed by atoms with Crippen LogP contribution in [0.4, 0.5) is 19.0 Å². The minimum atomic E-state index is -4.67. The molecule has 2 aromatic heterocycles. The van der Waals surface area contributed by atoms with E-state index in [0.717, 1.165) is 6.07 Å². The van der Waals surface area contributed by atoms with Crippen LogP contribution >= 0.6 is 0 Å². The molecular weight excluding hydrogens is 293 g/mol. The van der Waals surface area contributed by atoms with Gasteiger partial charge >= 0.3 is 12.1 Å². The molecule has 112 valence electrons. The standard InChI is InChI=1S/C11H9F3N4O3/c1-5-16-8(18-21-5)4-15-9-6(10(19)20)2-3-7(17-9)11(12,13)14/h2-3H,4H2,1H3,(H,15,17)(H,19,20). The average Bonchev–Trinajstić information content (AvgIpc) is 2.80. The molecule has 0 bridgehead atoms. The Balaban J connectivity index is 2.28. The van der Waals surface area contributed by atoms with Crippen LogP contribution in [-0.4, -0.2) is 26.2 Å². The quantitative estimate of drug-likeness (QED) is 0.891. The third-order valence-electron chi connectivity index (χ3n) is 2.40. The Bertz CT molecular complexity index is 669. The first-order chi connectivity index (χ1) is 9.77. The van der Waals surface area contributed by atoms with Gasteiger partial charge in [-0.05, 0) is 12.1 Å². The van der Waals surface area contributed by atoms with E-state index >= 15 is 0 Å². The summed E-state index contributed by atoms with van der Waals surface area (Å²) in [5.74, 6) is -1.37. The summed E-state index contributed by atoms with van der Waals surface area (Å²) >= 11 is 0. The van der Waals surface area contributed by atoms with E-state index in [0.29, 0.717) is 6.07 Å². The second-order valence-corrected chi connectivity index (χ2v) is 3.98. The predicted molar refractivity (Wildman–Crippen MR) is 62.6 cm³/mol. The molecule has 0 saturated carbocycles. The summed E-state index contributed by atoms with van der Waals surface area (Å²) in [4.78, 5) is 18.1. The number of pyridine rings is 1. The van der Waals surface area contributed by atoms with Crippen molar-refractivity contribution in [2.45, 2.75) is 19.6 Å². The Hall–Kier alpha value is -2.65. The van der Waals surface area contributed by atoms with Gasteiger partial charge in [0.2, 0.25) is 5.89 Å². The number of anilines is 1. The highest BCUT2D eigenvalue weighted by Crippen LogP contribution is 2.29. The van der Waals surface area contributed by atoms with Crippen molar-refractivity contribution in [3.8, 4) is 0 Å². The van der Waals surface area contributed by atoms with Crippen molar-refractivity contribution in [3.63, 3.8) is 0 Å². The number of alkyl halides is 3. The Labute approximate surface area is 115 Å². The van der Waals surface area contributed by atoms with Crippen LogP contribution in [-0.2, 0) is 12.7 Å². The van der Waals surface area contributed by atoms with Gasteiger partial charge in [0.25, 0.3) is 0 Å². The molecule has 7 nitrogen and oxygen atoms in total. The summed E-state index contributed by atoms with van der Waals surface area (Å²) in [6.07, 6.45) is -4.67. The highest BCUT2D eigenvalue weighted by molar-refractivity contribution is 5.93. The third-order valence-corrected chi connectivity index (χ3v) is 2.40. The van der Waals surface area contributed by atoms with Gasteiger partial charge in [-0.25, -0.2) is 9.78 Å². The largest absolute Gasteiger partial charge is 0.478 e. The van der Waals surface area contributed by atoms with Crippen LogP contribution in [0.2, 0.25) is 0 Å². The van der Waals surface area contributed by atoms with Gasteiger partial charge in [0.05, 0.1) is 6.54 Å². The molecule has 2 rings (SSSR count). The van der Waals surface area contributed by atoms with E-state index < -0.39 is 23.7 Å². The smallest absolute Gasteiger partial charge is 0.433 e. The summed E-state index contributed by atoms with van der Waals surface area (Å²) in [5.41, 5.74) is -1.58. The van der Waals surface area contributed by atoms with Crippen molar-refractivity contribution in [2.24, 2.45) is 0 Å². The molecule has 10 heteroatoms. The van der Waals surface area contributed by atoms with E-state index in [1.165, 1.54) is 0 Å². The number of carboxylic acids is 1. The molecule has 0 aliphatic heterocycles. The van der Waals surface area contributed by atoms with Gasteiger partial charge in [-0.15, -0.1) is 0 Å². The Morgan fingerprint density at radius 3 is 2.62 bits per heavy atom. The van der Waals surface area contributed by atoms with Crippen LogP contribution in [0.15, 0.2) is 16.7 Å². The van der Waals surface area contributed by atoms with Crippen molar-refractivity contribution in [1.29, 1.82) is 0 Å². The van der Waals surface area contributed by atoms with E-state index in [1.807, 2.05) is 0 Å². The maximum atomic E-state index is 12.6. The lowest BCUT2D eigenvalue weighted by Crippen LogP contribution is -2.14. The second kappa shape index (κ2) is 5.38. The molecule has 0 unspecified atom stereocenters. The van der Waals surface area contributed by atoms with Gasteiger partial charge in [0.15, 0.2) is 5.82 Å². The molecule has 0 aromatic carbocycles. The van der Waals surface area contributed by atoms with E-state index in [1.54, 1.807) is 6.92 Å². The molecule has 0 atom stereocenters. The maximum absolute atomic E-state index is 12.6. The number of aromatic carboxylic acids is 1. The molecule has 0 fully saturated rings. The third kappa shape index (κ3) is 3.46. The van der Waals surface area contributed by atoms with Crippen LogP contribution in [0.1, 0.15) is 27.8 Å². The van der Waals surface area contributed by atoms with Gasteiger partial charge < -0.3 is 14.9 Å². The fourth-order valence-electron chi connectivity index (χ4n) is 1.50. The molecule has 2 aromatic rings. The number of halogens is 3. The van der Waals surface area contributed by atoms with Crippen LogP contribution < -0.4 is 5.32 Å². The van der Waals surface area contributed by atoms with E-state index in [4.69, 9.17) is 9.63 Å². The van der Waals surface area contributed by atoms with Crippen molar-refractivity contribution >= 4 is 11.8 Å². The van der Waals surface area contributed by atoms with Gasteiger partial charge in [-0.3, -0.25) is 0 Å². The minimum Gasteiger partial charge on any atom is -0.478 e. The summed E-state index contributed by atoms with van der Waals surface area (Å²) in [5, 5.41) is 14.9. The summed E-state index contributed by atoms with van der Waals surface area (Å²) in [7, 11) is 0. The molecule has 0 amide bonds. The lowest BCUT2D eigenvalue weighted by molar-refractivity contribution is -0.141. The summed E-state index contributed by atoms with van der Waals surface area (Å²) in [6.45, 7) is 1.42. The first-order valence-corrected chi connectivity index (χ1v) is 5.62. The number of carbonyl (C=O) groups is 1. The van der Waals surface area contributed by atoms with Gasteiger partial charge in [-0.1, -0.05) is 5.16 Å². The highest BCUT2D eigenvalue weighted by atomic mass is 19.4. The molecule has 0 saturated heterocycles. The molecule has 0 spiro atoms. The van der Waals surface area contributed by atoms with Gasteiger partial charge in [0.1, 0.15) is 17.1 Å². The lowest BCUT2D eigenvalue weighted by atomic mass is 10.2. The van der Waals surface area contributed by atoms with Crippen molar-refractivity contribution in [2.75, 3.05) is 5.32 Å². The van der Waals surface area contributed by atoms with E-state index in [2.05, 4.69) is 20.4 Å². The Morgan fingerprint density at radius 2 is 2.10 bits per heavy atom. The fourth-order valence-corrected chi connectivity index (χ4v) is 1.50. The molecule has 2 N–H and O–H groups in total. The van der Waals surface area contributed by atoms with Crippen LogP contribution in [0.5, 0.6) is 0 Å². The lowest BCUT2D eigenvalue weighted by Gasteiger charge is -2.11. The Morgan fingerprint density at radius 1 is 1.38 bits per heavy atom. The number of rotatable bonds is 4. The van der Waals surface area contributed by atoms with Crippen LogP contribution in [0, 0.1) is 6.92 Å². The van der Waals surface area contributed by atoms with Crippen LogP contribution in [0.25, 0.3) is 0 Å². The maximum Gasteiger partial charge on any atom is 0.433 e. The highest BCUT2D eigenvalue weighted by Gasteiger charge is 2.33. The average molecular weight is 302 g/mol. The summed E-state index contributed by atoms with van der Waals surface area (Å²) in [6, 6.07) is 1.44. The molecule has 0 aliphatic rings. The first-order valence-electron chi connectivity index (χ1n) is 5.62.